The van der Waals surface area contributed by atoms with Crippen molar-refractivity contribution >= 4 is 0 Å². The van der Waals surface area contributed by atoms with Crippen molar-refractivity contribution in [3.05, 3.63) is 76.9 Å². The molecule has 1 fully saturated rings. The lowest BCUT2D eigenvalue weighted by molar-refractivity contribution is 0.119. The highest BCUT2D eigenvalue weighted by Crippen LogP contribution is 2.48. The van der Waals surface area contributed by atoms with Crippen LogP contribution in [0.25, 0.3) is 0 Å². The smallest absolute Gasteiger partial charge is 0.116 e. The van der Waals surface area contributed by atoms with Gasteiger partial charge in [0.2, 0.25) is 0 Å². The van der Waals surface area contributed by atoms with Gasteiger partial charge < -0.3 is 10.4 Å². The maximum Gasteiger partial charge on any atom is 0.116 e. The topological polar surface area (TPSA) is 32.3 Å². The second kappa shape index (κ2) is 13.3. The summed E-state index contributed by atoms with van der Waals surface area (Å²) in [5.41, 5.74) is 5.62. The third-order valence-corrected chi connectivity index (χ3v) is 9.43. The van der Waals surface area contributed by atoms with Crippen molar-refractivity contribution < 1.29 is 5.11 Å². The Bertz CT molecular complexity index is 1060. The lowest BCUT2D eigenvalue weighted by Crippen LogP contribution is -2.33. The molecule has 2 N–H and O–H groups in total. The Morgan fingerprint density at radius 1 is 1.00 bits per heavy atom. The van der Waals surface area contributed by atoms with Crippen molar-refractivity contribution in [2.45, 2.75) is 111 Å². The molecule has 2 aliphatic carbocycles. The van der Waals surface area contributed by atoms with Crippen LogP contribution >= 0.6 is 0 Å². The zero-order valence-corrected chi connectivity index (χ0v) is 24.8. The number of aromatic hydroxyl groups is 1. The summed E-state index contributed by atoms with van der Waals surface area (Å²) in [6, 6.07) is 15.7. The molecule has 0 saturated heterocycles. The van der Waals surface area contributed by atoms with Crippen LogP contribution in [0.2, 0.25) is 0 Å². The average Bonchev–Trinajstić information content (AvgIpc) is 2.86. The van der Waals surface area contributed by atoms with Gasteiger partial charge in [-0.15, -0.1) is 0 Å². The fourth-order valence-corrected chi connectivity index (χ4v) is 7.24. The van der Waals surface area contributed by atoms with Crippen molar-refractivity contribution in [1.29, 1.82) is 0 Å². The molecule has 0 spiro atoms. The Kier molecular flexibility index (Phi) is 10.2. The van der Waals surface area contributed by atoms with Crippen LogP contribution < -0.4 is 5.32 Å². The van der Waals surface area contributed by atoms with Gasteiger partial charge in [0.15, 0.2) is 0 Å². The summed E-state index contributed by atoms with van der Waals surface area (Å²) in [5, 5.41) is 14.4. The molecule has 208 valence electrons. The predicted octanol–water partition coefficient (Wildman–Crippen LogP) is 9.24. The van der Waals surface area contributed by atoms with Gasteiger partial charge in [0.1, 0.15) is 5.75 Å². The Balaban J connectivity index is 1.40. The molecule has 2 aliphatic rings. The first-order chi connectivity index (χ1) is 18.2. The molecule has 1 saturated carbocycles. The third-order valence-electron chi connectivity index (χ3n) is 9.43. The van der Waals surface area contributed by atoms with E-state index in [1.54, 1.807) is 0 Å². The number of nitrogens with one attached hydrogen (secondary N) is 1. The molecule has 0 radical (unpaired) electrons. The summed E-state index contributed by atoms with van der Waals surface area (Å²) in [4.78, 5) is 0. The molecule has 0 bridgehead atoms. The van der Waals surface area contributed by atoms with Gasteiger partial charge in [0.25, 0.3) is 0 Å². The van der Waals surface area contributed by atoms with Crippen LogP contribution in [0.4, 0.5) is 0 Å². The van der Waals surface area contributed by atoms with Crippen molar-refractivity contribution in [2.24, 2.45) is 29.1 Å². The van der Waals surface area contributed by atoms with E-state index in [-0.39, 0.29) is 0 Å². The van der Waals surface area contributed by atoms with Crippen LogP contribution in [0, 0.1) is 29.1 Å². The largest absolute Gasteiger partial charge is 0.508 e. The summed E-state index contributed by atoms with van der Waals surface area (Å²) >= 11 is 0. The van der Waals surface area contributed by atoms with Gasteiger partial charge in [-0.2, -0.15) is 0 Å². The second-order valence-corrected chi connectivity index (χ2v) is 13.6. The molecule has 4 rings (SSSR count). The third kappa shape index (κ3) is 8.22. The van der Waals surface area contributed by atoms with Crippen molar-refractivity contribution in [3.8, 4) is 5.75 Å². The summed E-state index contributed by atoms with van der Waals surface area (Å²) in [5.74, 6) is 3.48. The van der Waals surface area contributed by atoms with E-state index in [2.05, 4.69) is 82.4 Å². The van der Waals surface area contributed by atoms with Crippen LogP contribution in [0.15, 0.2) is 54.6 Å². The van der Waals surface area contributed by atoms with Crippen molar-refractivity contribution in [3.63, 3.8) is 0 Å². The van der Waals surface area contributed by atoms with Crippen molar-refractivity contribution in [2.75, 3.05) is 0 Å². The SMILES string of the molecule is CC(C)CC[C@H](C)NCc1ccccc1Cc1cc(O)cc(C[C@H]2CCC[C@H]([C@@]3(C)C=CC[C@H](C)C3)C2)c1. The van der Waals surface area contributed by atoms with Gasteiger partial charge in [-0.25, -0.2) is 0 Å². The van der Waals surface area contributed by atoms with Crippen LogP contribution in [0.5, 0.6) is 5.75 Å². The zero-order valence-electron chi connectivity index (χ0n) is 24.8. The molecule has 5 atom stereocenters. The average molecular weight is 516 g/mol. The molecule has 0 aliphatic heterocycles. The molecule has 2 heteroatoms. The predicted molar refractivity (Wildman–Crippen MR) is 163 cm³/mol. The monoisotopic (exact) mass is 515 g/mol. The number of allylic oxidation sites excluding steroid dienone is 2. The molecule has 2 aromatic carbocycles. The molecule has 0 unspecified atom stereocenters. The first kappa shape index (κ1) is 28.9. The Hall–Kier alpha value is -2.06. The molecular formula is C36H53NO. The molecule has 2 aromatic rings. The lowest BCUT2D eigenvalue weighted by atomic mass is 9.61. The van der Waals surface area contributed by atoms with E-state index < -0.39 is 0 Å². The van der Waals surface area contributed by atoms with Crippen LogP contribution in [-0.4, -0.2) is 11.1 Å². The van der Waals surface area contributed by atoms with E-state index in [0.717, 1.165) is 43.1 Å². The summed E-state index contributed by atoms with van der Waals surface area (Å²) in [7, 11) is 0. The van der Waals surface area contributed by atoms with Gasteiger partial charge in [-0.3, -0.25) is 0 Å². The van der Waals surface area contributed by atoms with Gasteiger partial charge in [-0.1, -0.05) is 83.0 Å². The fourth-order valence-electron chi connectivity index (χ4n) is 7.24. The number of rotatable bonds is 11. The normalized spacial score (nSPS) is 26.5. The number of hydrogen-bond acceptors (Lipinski definition) is 2. The van der Waals surface area contributed by atoms with Crippen LogP contribution in [0.3, 0.4) is 0 Å². The first-order valence-corrected chi connectivity index (χ1v) is 15.5. The summed E-state index contributed by atoms with van der Waals surface area (Å²) in [6.07, 6.45) is 17.4. The van der Waals surface area contributed by atoms with E-state index >= 15 is 0 Å². The highest BCUT2D eigenvalue weighted by molar-refractivity contribution is 5.39. The molecule has 0 amide bonds. The van der Waals surface area contributed by atoms with E-state index in [1.807, 2.05) is 12.1 Å². The maximum absolute atomic E-state index is 10.7. The minimum atomic E-state index is 0.365. The van der Waals surface area contributed by atoms with Gasteiger partial charge in [0.05, 0.1) is 0 Å². The number of phenols is 1. The highest BCUT2D eigenvalue weighted by atomic mass is 16.3. The maximum atomic E-state index is 10.7. The van der Waals surface area contributed by atoms with Gasteiger partial charge in [-0.05, 0) is 122 Å². The minimum absolute atomic E-state index is 0.365. The van der Waals surface area contributed by atoms with Gasteiger partial charge in [0, 0.05) is 12.6 Å². The van der Waals surface area contributed by atoms with E-state index in [9.17, 15) is 5.11 Å². The Labute approximate surface area is 233 Å². The van der Waals surface area contributed by atoms with Crippen molar-refractivity contribution in [1.82, 2.24) is 5.32 Å². The minimum Gasteiger partial charge on any atom is -0.508 e. The molecule has 0 aromatic heterocycles. The van der Waals surface area contributed by atoms with E-state index in [4.69, 9.17) is 0 Å². The number of hydrogen-bond donors (Lipinski definition) is 2. The fraction of sp³-hybridized carbons (Fsp3) is 0.611. The second-order valence-electron chi connectivity index (χ2n) is 13.6. The first-order valence-electron chi connectivity index (χ1n) is 15.5. The number of benzene rings is 2. The lowest BCUT2D eigenvalue weighted by Gasteiger charge is -2.43. The zero-order chi connectivity index (χ0) is 27.1. The van der Waals surface area contributed by atoms with Crippen LogP contribution in [-0.2, 0) is 19.4 Å². The molecule has 0 heterocycles. The quantitative estimate of drug-likeness (QED) is 0.292. The Morgan fingerprint density at radius 2 is 1.76 bits per heavy atom. The highest BCUT2D eigenvalue weighted by Gasteiger charge is 2.37. The van der Waals surface area contributed by atoms with E-state index in [1.165, 1.54) is 73.6 Å². The van der Waals surface area contributed by atoms with E-state index in [0.29, 0.717) is 17.2 Å². The number of phenolic OH excluding ortho intramolecular Hbond substituents is 1. The summed E-state index contributed by atoms with van der Waals surface area (Å²) in [6.45, 7) is 12.7. The molecular weight excluding hydrogens is 462 g/mol. The van der Waals surface area contributed by atoms with Gasteiger partial charge >= 0.3 is 0 Å². The molecule has 2 nitrogen and oxygen atoms in total. The Morgan fingerprint density at radius 3 is 2.53 bits per heavy atom. The van der Waals surface area contributed by atoms with Crippen LogP contribution in [0.1, 0.15) is 108 Å². The standard InChI is InChI=1S/C36H53NO/c1-26(2)15-16-28(4)37-25-33-13-7-6-12-32(33)20-31-19-30(22-35(38)23-31)18-29-11-8-14-34(21-29)36(5)17-9-10-27(3)24-36/h6-7,9,12-13,17,19,22-23,26-29,34,37-38H,8,10-11,14-16,18,20-21,24-25H2,1-5H3/t27-,28-,29+,34-,36-/m0/s1. The molecule has 38 heavy (non-hydrogen) atoms. The summed E-state index contributed by atoms with van der Waals surface area (Å²) < 4.78 is 0.